The number of aryl methyl sites for hydroxylation is 2. The molecule has 1 aliphatic heterocycles. The van der Waals surface area contributed by atoms with Crippen LogP contribution in [0.4, 0.5) is 5.69 Å². The second-order valence-corrected chi connectivity index (χ2v) is 6.69. The molecule has 1 fully saturated rings. The Bertz CT molecular complexity index is 929. The van der Waals surface area contributed by atoms with E-state index in [4.69, 9.17) is 0 Å². The highest BCUT2D eigenvalue weighted by Crippen LogP contribution is 2.23. The van der Waals surface area contributed by atoms with Crippen LogP contribution in [-0.2, 0) is 0 Å². The first-order valence-corrected chi connectivity index (χ1v) is 8.92. The summed E-state index contributed by atoms with van der Waals surface area (Å²) in [5, 5.41) is 12.1. The van der Waals surface area contributed by atoms with E-state index in [2.05, 4.69) is 57.2 Å². The van der Waals surface area contributed by atoms with Crippen molar-refractivity contribution in [2.24, 2.45) is 0 Å². The molecule has 0 spiro atoms. The lowest BCUT2D eigenvalue weighted by molar-refractivity contribution is 0.0739. The number of amides is 1. The number of rotatable bonds is 3. The Morgan fingerprint density at radius 3 is 2.48 bits per heavy atom. The molecule has 4 rings (SSSR count). The van der Waals surface area contributed by atoms with E-state index in [1.165, 1.54) is 34.2 Å². The highest BCUT2D eigenvalue weighted by molar-refractivity contribution is 5.92. The van der Waals surface area contributed by atoms with Crippen molar-refractivity contribution in [3.8, 4) is 5.82 Å². The fraction of sp³-hybridized carbons (Fsp3) is 0.316. The molecule has 0 aliphatic carbocycles. The number of piperazine rings is 1. The standard InChI is InChI=1S/C19H21N7O/c1-14-3-4-15(2)17(11-14)24-7-9-25(10-8-24)19(27)16-5-6-18(23-22-16)26-13-20-12-21-26/h3-6,11-13H,7-10H2,1-2H3. The number of carbonyl (C=O) groups excluding carboxylic acids is 1. The van der Waals surface area contributed by atoms with Crippen LogP contribution in [0.15, 0.2) is 43.0 Å². The maximum atomic E-state index is 12.7. The molecule has 2 aromatic heterocycles. The molecule has 8 nitrogen and oxygen atoms in total. The van der Waals surface area contributed by atoms with Gasteiger partial charge >= 0.3 is 0 Å². The van der Waals surface area contributed by atoms with Gasteiger partial charge in [0.05, 0.1) is 0 Å². The van der Waals surface area contributed by atoms with Crippen molar-refractivity contribution in [3.63, 3.8) is 0 Å². The second kappa shape index (κ2) is 7.14. The minimum atomic E-state index is -0.0896. The van der Waals surface area contributed by atoms with Gasteiger partial charge in [-0.25, -0.2) is 9.67 Å². The fourth-order valence-corrected chi connectivity index (χ4v) is 3.26. The lowest BCUT2D eigenvalue weighted by Gasteiger charge is -2.36. The van der Waals surface area contributed by atoms with Gasteiger partial charge in [-0.2, -0.15) is 5.10 Å². The van der Waals surface area contributed by atoms with Crippen LogP contribution in [0.5, 0.6) is 0 Å². The Balaban J connectivity index is 1.42. The lowest BCUT2D eigenvalue weighted by Crippen LogP contribution is -2.49. The Kier molecular flexibility index (Phi) is 4.53. The third-order valence-electron chi connectivity index (χ3n) is 4.80. The Morgan fingerprint density at radius 2 is 1.81 bits per heavy atom. The van der Waals surface area contributed by atoms with E-state index in [0.717, 1.165) is 13.1 Å². The van der Waals surface area contributed by atoms with Crippen LogP contribution in [0, 0.1) is 13.8 Å². The summed E-state index contributed by atoms with van der Waals surface area (Å²) in [6.07, 6.45) is 2.97. The van der Waals surface area contributed by atoms with Gasteiger partial charge in [-0.3, -0.25) is 4.79 Å². The average Bonchev–Trinajstić information content (AvgIpc) is 3.24. The summed E-state index contributed by atoms with van der Waals surface area (Å²) in [5.41, 5.74) is 4.10. The second-order valence-electron chi connectivity index (χ2n) is 6.69. The van der Waals surface area contributed by atoms with Gasteiger partial charge in [0.2, 0.25) is 0 Å². The number of hydrogen-bond donors (Lipinski definition) is 0. The predicted octanol–water partition coefficient (Wildman–Crippen LogP) is 1.64. The van der Waals surface area contributed by atoms with E-state index in [1.54, 1.807) is 12.1 Å². The normalized spacial score (nSPS) is 14.4. The van der Waals surface area contributed by atoms with E-state index in [1.807, 2.05) is 4.90 Å². The Morgan fingerprint density at radius 1 is 1.00 bits per heavy atom. The molecule has 1 saturated heterocycles. The van der Waals surface area contributed by atoms with Crippen LogP contribution in [0.3, 0.4) is 0 Å². The minimum absolute atomic E-state index is 0.0896. The Hall–Kier alpha value is -3.29. The SMILES string of the molecule is Cc1ccc(C)c(N2CCN(C(=O)c3ccc(-n4cncn4)nn3)CC2)c1. The molecular formula is C19H21N7O. The first-order valence-electron chi connectivity index (χ1n) is 8.92. The highest BCUT2D eigenvalue weighted by Gasteiger charge is 2.24. The molecule has 8 heteroatoms. The van der Waals surface area contributed by atoms with Crippen LogP contribution in [-0.4, -0.2) is 61.9 Å². The van der Waals surface area contributed by atoms with Gasteiger partial charge in [-0.15, -0.1) is 10.2 Å². The van der Waals surface area contributed by atoms with Crippen molar-refractivity contribution < 1.29 is 4.79 Å². The number of carbonyl (C=O) groups is 1. The van der Waals surface area contributed by atoms with Crippen molar-refractivity contribution in [1.82, 2.24) is 29.9 Å². The zero-order valence-corrected chi connectivity index (χ0v) is 15.4. The van der Waals surface area contributed by atoms with Crippen molar-refractivity contribution in [2.45, 2.75) is 13.8 Å². The number of nitrogens with zero attached hydrogens (tertiary/aromatic N) is 7. The molecule has 0 unspecified atom stereocenters. The summed E-state index contributed by atoms with van der Waals surface area (Å²) in [6, 6.07) is 9.89. The van der Waals surface area contributed by atoms with Crippen LogP contribution in [0.1, 0.15) is 21.6 Å². The van der Waals surface area contributed by atoms with Crippen molar-refractivity contribution in [1.29, 1.82) is 0 Å². The molecule has 0 atom stereocenters. The van der Waals surface area contributed by atoms with Crippen molar-refractivity contribution in [3.05, 3.63) is 59.8 Å². The molecule has 1 aliphatic rings. The zero-order chi connectivity index (χ0) is 18.8. The van der Waals surface area contributed by atoms with Gasteiger partial charge in [0, 0.05) is 31.9 Å². The average molecular weight is 363 g/mol. The molecule has 27 heavy (non-hydrogen) atoms. The molecule has 0 N–H and O–H groups in total. The Labute approximate surface area is 157 Å². The summed E-state index contributed by atoms with van der Waals surface area (Å²) < 4.78 is 1.50. The topological polar surface area (TPSA) is 80.0 Å². The van der Waals surface area contributed by atoms with E-state index >= 15 is 0 Å². The van der Waals surface area contributed by atoms with Gasteiger partial charge < -0.3 is 9.80 Å². The maximum absolute atomic E-state index is 12.7. The van der Waals surface area contributed by atoms with E-state index in [-0.39, 0.29) is 5.91 Å². The molecule has 3 aromatic rings. The molecule has 1 amide bonds. The van der Waals surface area contributed by atoms with Crippen LogP contribution in [0.2, 0.25) is 0 Å². The number of anilines is 1. The molecular weight excluding hydrogens is 342 g/mol. The summed E-state index contributed by atoms with van der Waals surface area (Å²) in [6.45, 7) is 7.17. The highest BCUT2D eigenvalue weighted by atomic mass is 16.2. The molecule has 1 aromatic carbocycles. The van der Waals surface area contributed by atoms with Gasteiger partial charge in [0.25, 0.3) is 5.91 Å². The number of hydrogen-bond acceptors (Lipinski definition) is 6. The number of benzene rings is 1. The van der Waals surface area contributed by atoms with Crippen LogP contribution in [0.25, 0.3) is 5.82 Å². The molecule has 0 bridgehead atoms. The monoisotopic (exact) mass is 363 g/mol. The van der Waals surface area contributed by atoms with E-state index in [9.17, 15) is 4.79 Å². The van der Waals surface area contributed by atoms with E-state index < -0.39 is 0 Å². The molecule has 0 radical (unpaired) electrons. The quantitative estimate of drug-likeness (QED) is 0.704. The number of aromatic nitrogens is 5. The molecule has 138 valence electrons. The smallest absolute Gasteiger partial charge is 0.274 e. The van der Waals surface area contributed by atoms with Gasteiger partial charge in [-0.1, -0.05) is 12.1 Å². The van der Waals surface area contributed by atoms with Gasteiger partial charge in [0.1, 0.15) is 12.7 Å². The third-order valence-corrected chi connectivity index (χ3v) is 4.80. The van der Waals surface area contributed by atoms with Gasteiger partial charge in [0.15, 0.2) is 11.5 Å². The summed E-state index contributed by atoms with van der Waals surface area (Å²) >= 11 is 0. The van der Waals surface area contributed by atoms with Crippen molar-refractivity contribution >= 4 is 11.6 Å². The first-order chi connectivity index (χ1) is 13.1. The first kappa shape index (κ1) is 17.1. The maximum Gasteiger partial charge on any atom is 0.274 e. The fourth-order valence-electron chi connectivity index (χ4n) is 3.26. The lowest BCUT2D eigenvalue weighted by atomic mass is 10.1. The van der Waals surface area contributed by atoms with Crippen LogP contribution >= 0.6 is 0 Å². The molecule has 0 saturated carbocycles. The molecule has 3 heterocycles. The third kappa shape index (κ3) is 3.51. The van der Waals surface area contributed by atoms with Crippen LogP contribution < -0.4 is 4.90 Å². The largest absolute Gasteiger partial charge is 0.368 e. The predicted molar refractivity (Wildman–Crippen MR) is 101 cm³/mol. The summed E-state index contributed by atoms with van der Waals surface area (Å²) in [5.74, 6) is 0.442. The summed E-state index contributed by atoms with van der Waals surface area (Å²) in [4.78, 5) is 20.8. The van der Waals surface area contributed by atoms with Crippen molar-refractivity contribution in [2.75, 3.05) is 31.1 Å². The summed E-state index contributed by atoms with van der Waals surface area (Å²) in [7, 11) is 0. The zero-order valence-electron chi connectivity index (χ0n) is 15.4. The van der Waals surface area contributed by atoms with E-state index in [0.29, 0.717) is 24.6 Å². The minimum Gasteiger partial charge on any atom is -0.368 e. The van der Waals surface area contributed by atoms with Gasteiger partial charge in [-0.05, 0) is 43.2 Å².